The minimum Gasteiger partial charge on any atom is -0.480 e. The molecule has 43 nitrogen and oxygen atoms in total. The van der Waals surface area contributed by atoms with Crippen molar-refractivity contribution in [2.75, 3.05) is 31.6 Å². The number of carboxylic acids is 1. The molecule has 4 rings (SSSR count). The number of likely N-dealkylation sites (tertiary alicyclic amines) is 1. The van der Waals surface area contributed by atoms with Crippen LogP contribution in [0, 0.1) is 53.3 Å². The fraction of sp³-hybridized carbons (Fsp3) is 0.643. The van der Waals surface area contributed by atoms with Gasteiger partial charge in [-0.2, -0.15) is 11.8 Å². The number of aromatic amines is 1. The van der Waals surface area contributed by atoms with Crippen LogP contribution >= 0.6 is 11.8 Å². The van der Waals surface area contributed by atoms with Crippen LogP contribution in [0.4, 0.5) is 0 Å². The number of aliphatic carboxylic acids is 1. The lowest BCUT2D eigenvalue weighted by Gasteiger charge is -2.32. The van der Waals surface area contributed by atoms with E-state index in [0.29, 0.717) is 30.4 Å². The van der Waals surface area contributed by atoms with E-state index in [4.69, 9.17) is 17.2 Å². The normalized spacial score (nSPS) is 16.3. The van der Waals surface area contributed by atoms with Crippen LogP contribution in [0.1, 0.15) is 218 Å². The number of nitrogens with one attached hydrogen (secondary N) is 17. The number of carbonyl (C=O) groups is 20. The van der Waals surface area contributed by atoms with Gasteiger partial charge in [-0.25, -0.2) is 9.78 Å². The summed E-state index contributed by atoms with van der Waals surface area (Å²) < 4.78 is 0. The smallest absolute Gasteiger partial charge is 0.326 e. The number of nitrogens with two attached hydrogens (primary N) is 3. The molecule has 1 fully saturated rings. The van der Waals surface area contributed by atoms with Crippen molar-refractivity contribution in [2.24, 2.45) is 70.5 Å². The molecule has 19 amide bonds. The molecule has 1 aromatic heterocycles. The number of H-pyrrole nitrogens is 1. The average Bonchev–Trinajstić information content (AvgIpc) is 1.49. The standard InChI is InChI=1S/C98H156N22O21S/c1-20-57(16)80(96(138)117-79(56(14)15)98(140)141)114-75(124)49-103-90(132)71-34-29-40-120(71)97(139)70(43-52(6)7)113-95(137)82(59(18)22-3)118-88(130)66(42-51(4)5)106-74(123)48-104-92(134)77(54(10)11)115-85(127)65(39-41-142-19)109-94(136)81(58(17)21-2)119-89(131)69(46-62-47-102-50-105-62)111-84(126)64(36-38-73(100)122)107-86(128)67(44-60-30-25-23-26-31-60)110-83(125)63(35-37-72(99)121)108-87(129)68(45-61-32-27-24-28-33-61)112-93(135)78(55(12)13)116-91(133)76(101)53(8)9/h23-28,30-33,47,50-59,63-71,76-82H,20-22,29,34-46,48-49,101H2,1-19H3,(H2,99,121)(H2,100,122)(H,102,105)(H,103,132)(H,104,134)(H,106,123)(H,107,128)(H,108,129)(H,109,136)(H,110,125)(H,111,126)(H,112,135)(H,113,137)(H,114,124)(H,115,127)(H,116,133)(H,117,138)(H,118,130)(H,119,131)(H,140,141)/t57-,58-,59-,63-,64-,65-,66-,67-,68-,69-,70-,71-,76-,77-,78-,79-,80-,81-,82-/m0/s1. The molecule has 0 spiro atoms. The zero-order chi connectivity index (χ0) is 107. The van der Waals surface area contributed by atoms with Crippen LogP contribution < -0.4 is 102 Å². The first-order valence-electron chi connectivity index (χ1n) is 49.0. The van der Waals surface area contributed by atoms with Crippen molar-refractivity contribution in [1.82, 2.24) is 99.9 Å². The van der Waals surface area contributed by atoms with Gasteiger partial charge in [0.25, 0.3) is 0 Å². The highest BCUT2D eigenvalue weighted by Gasteiger charge is 2.44. The molecule has 2 heterocycles. The molecule has 1 saturated heterocycles. The van der Waals surface area contributed by atoms with E-state index in [-0.39, 0.29) is 87.1 Å². The Kier molecular flexibility index (Phi) is 52.5. The number of nitrogens with zero attached hydrogens (tertiary/aromatic N) is 2. The Balaban J connectivity index is 1.56. The van der Waals surface area contributed by atoms with Crippen LogP contribution in [0.3, 0.4) is 0 Å². The van der Waals surface area contributed by atoms with Gasteiger partial charge in [0.05, 0.1) is 25.5 Å². The molecule has 2 aromatic carbocycles. The number of thioether (sulfide) groups is 1. The van der Waals surface area contributed by atoms with Gasteiger partial charge in [0.2, 0.25) is 112 Å². The van der Waals surface area contributed by atoms with E-state index >= 15 is 9.59 Å². The fourth-order valence-electron chi connectivity index (χ4n) is 15.6. The zero-order valence-corrected chi connectivity index (χ0v) is 86.3. The van der Waals surface area contributed by atoms with Crippen LogP contribution in [-0.4, -0.2) is 266 Å². The Hall–Kier alpha value is -12.6. The molecule has 0 radical (unpaired) electrons. The summed E-state index contributed by atoms with van der Waals surface area (Å²) in [5, 5.41) is 52.4. The van der Waals surface area contributed by atoms with E-state index in [2.05, 4.69) is 95.0 Å². The quantitative estimate of drug-likeness (QED) is 0.0354. The SMILES string of the molecule is CC[C@H](C)[C@H](NC(=O)CNC(=O)[C@@H]1CCCN1C(=O)[C@H](CC(C)C)NC(=O)[C@@H](NC(=O)[C@H](CC(C)C)NC(=O)CNC(=O)[C@@H](NC(=O)[C@H](CCSC)NC(=O)[C@@H](NC(=O)[C@H](Cc1cnc[nH]1)NC(=O)[C@H](CCC(N)=O)NC(=O)[C@H](Cc1ccccc1)NC(=O)[C@H](CCC(N)=O)NC(=O)[C@H](Cc1ccccc1)NC(=O)[C@@H](NC(=O)[C@@H](N)C(C)C)C(C)C)[C@@H](C)CC)C(C)C)[C@@H](C)CC)C(=O)N[C@H](C(=O)O)C(C)C. The van der Waals surface area contributed by atoms with Crippen molar-refractivity contribution in [3.8, 4) is 0 Å². The highest BCUT2D eigenvalue weighted by atomic mass is 32.2. The Morgan fingerprint density at radius 2 is 0.768 bits per heavy atom. The summed E-state index contributed by atoms with van der Waals surface area (Å²) in [5.74, 6) is -20.8. The van der Waals surface area contributed by atoms with Gasteiger partial charge in [-0.3, -0.25) is 91.1 Å². The first kappa shape index (κ1) is 122. The van der Waals surface area contributed by atoms with E-state index < -0.39 is 289 Å². The summed E-state index contributed by atoms with van der Waals surface area (Å²) >= 11 is 1.33. The summed E-state index contributed by atoms with van der Waals surface area (Å²) in [6, 6.07) is -4.79. The number of primary amides is 2. The van der Waals surface area contributed by atoms with Crippen LogP contribution in [0.5, 0.6) is 0 Å². The maximum absolute atomic E-state index is 15.0. The second kappa shape index (κ2) is 61.3. The molecule has 3 aromatic rings. The molecule has 1 aliphatic rings. The Morgan fingerprint density at radius 1 is 0.408 bits per heavy atom. The van der Waals surface area contributed by atoms with Crippen LogP contribution in [0.25, 0.3) is 0 Å². The van der Waals surface area contributed by atoms with Gasteiger partial charge in [0.15, 0.2) is 0 Å². The van der Waals surface area contributed by atoms with Crippen molar-refractivity contribution in [3.63, 3.8) is 0 Å². The monoisotopic (exact) mass is 2010 g/mol. The molecule has 24 N–H and O–H groups in total. The minimum absolute atomic E-state index is 0.0197. The highest BCUT2D eigenvalue weighted by Crippen LogP contribution is 2.24. The summed E-state index contributed by atoms with van der Waals surface area (Å²) in [7, 11) is 0. The lowest BCUT2D eigenvalue weighted by molar-refractivity contribution is -0.144. The van der Waals surface area contributed by atoms with Crippen molar-refractivity contribution in [2.45, 2.75) is 318 Å². The van der Waals surface area contributed by atoms with Gasteiger partial charge < -0.3 is 117 Å². The van der Waals surface area contributed by atoms with E-state index in [1.807, 2.05) is 13.8 Å². The number of amides is 19. The van der Waals surface area contributed by atoms with Crippen LogP contribution in [0.15, 0.2) is 73.2 Å². The number of carbonyl (C=O) groups excluding carboxylic acids is 19. The molecule has 0 saturated carbocycles. The number of hydrogen-bond acceptors (Lipinski definition) is 23. The van der Waals surface area contributed by atoms with Crippen molar-refractivity contribution < 1.29 is 101 Å². The van der Waals surface area contributed by atoms with Gasteiger partial charge in [-0.15, -0.1) is 0 Å². The molecule has 0 bridgehead atoms. The molecule has 0 unspecified atom stereocenters. The fourth-order valence-corrected chi connectivity index (χ4v) is 16.1. The predicted octanol–water partition coefficient (Wildman–Crippen LogP) is -0.00130. The summed E-state index contributed by atoms with van der Waals surface area (Å²) in [6.45, 7) is 29.7. The lowest BCUT2D eigenvalue weighted by atomic mass is 9.95. The van der Waals surface area contributed by atoms with Gasteiger partial charge in [0.1, 0.15) is 90.6 Å². The Labute approximate surface area is 836 Å². The predicted molar refractivity (Wildman–Crippen MR) is 532 cm³/mol. The van der Waals surface area contributed by atoms with Crippen molar-refractivity contribution in [3.05, 3.63) is 90.0 Å². The van der Waals surface area contributed by atoms with Gasteiger partial charge in [0, 0.05) is 50.5 Å². The summed E-state index contributed by atoms with van der Waals surface area (Å²) in [4.78, 5) is 289. The van der Waals surface area contributed by atoms with Gasteiger partial charge in [-0.1, -0.05) is 205 Å². The number of carboxylic acid groups (broad SMARTS) is 1. The van der Waals surface area contributed by atoms with Crippen molar-refractivity contribution >= 4 is 130 Å². The number of benzene rings is 2. The third-order valence-electron chi connectivity index (χ3n) is 24.8. The van der Waals surface area contributed by atoms with E-state index in [1.54, 1.807) is 178 Å². The molecule has 790 valence electrons. The van der Waals surface area contributed by atoms with E-state index in [9.17, 15) is 91.4 Å². The third kappa shape index (κ3) is 41.1. The second-order valence-electron chi connectivity index (χ2n) is 38.9. The Bertz CT molecular complexity index is 4700. The number of aromatic nitrogens is 2. The van der Waals surface area contributed by atoms with Crippen LogP contribution in [0.2, 0.25) is 0 Å². The lowest BCUT2D eigenvalue weighted by Crippen LogP contribution is -2.62. The molecular formula is C98H156N22O21S. The second-order valence-corrected chi connectivity index (χ2v) is 39.8. The molecule has 1 aliphatic heterocycles. The van der Waals surface area contributed by atoms with E-state index in [1.165, 1.54) is 29.2 Å². The number of imidazole rings is 1. The molecule has 19 atom stereocenters. The van der Waals surface area contributed by atoms with E-state index in [0.717, 1.165) is 0 Å². The largest absolute Gasteiger partial charge is 0.480 e. The molecule has 0 aliphatic carbocycles. The minimum atomic E-state index is -1.72. The average molecular weight is 2010 g/mol. The first-order chi connectivity index (χ1) is 66.9. The van der Waals surface area contributed by atoms with Crippen LogP contribution in [-0.2, 0) is 115 Å². The maximum atomic E-state index is 15.0. The topological polar surface area (TPSA) is 664 Å². The summed E-state index contributed by atoms with van der Waals surface area (Å²) in [6.07, 6.45) is 3.51. The number of hydrogen-bond donors (Lipinski definition) is 21. The Morgan fingerprint density at radius 3 is 1.20 bits per heavy atom. The summed E-state index contributed by atoms with van der Waals surface area (Å²) in [5.41, 5.74) is 18.7. The molecule has 44 heteroatoms. The van der Waals surface area contributed by atoms with Gasteiger partial charge >= 0.3 is 5.97 Å². The molecular weight excluding hydrogens is 1850 g/mol. The third-order valence-corrected chi connectivity index (χ3v) is 25.5. The van der Waals surface area contributed by atoms with Gasteiger partial charge in [-0.05, 0) is 121 Å². The zero-order valence-electron chi connectivity index (χ0n) is 85.4. The first-order valence-corrected chi connectivity index (χ1v) is 50.4. The molecule has 142 heavy (non-hydrogen) atoms. The maximum Gasteiger partial charge on any atom is 0.326 e. The number of rotatable bonds is 63. The highest BCUT2D eigenvalue weighted by molar-refractivity contribution is 7.98. The van der Waals surface area contributed by atoms with Crippen molar-refractivity contribution in [1.29, 1.82) is 0 Å².